The van der Waals surface area contributed by atoms with Crippen LogP contribution < -0.4 is 10.7 Å². The van der Waals surface area contributed by atoms with E-state index in [9.17, 15) is 0 Å². The van der Waals surface area contributed by atoms with Crippen molar-refractivity contribution in [2.24, 2.45) is 9.98 Å². The monoisotopic (exact) mass is 710 g/mol. The predicted molar refractivity (Wildman–Crippen MR) is 230 cm³/mol. The van der Waals surface area contributed by atoms with Gasteiger partial charge in [0.05, 0.1) is 22.1 Å². The molecule has 2 heteroatoms. The summed E-state index contributed by atoms with van der Waals surface area (Å²) in [6.07, 6.45) is 0. The van der Waals surface area contributed by atoms with Crippen molar-refractivity contribution in [3.05, 3.63) is 227 Å². The molecule has 260 valence electrons. The fraction of sp³-hybridized carbons (Fsp3) is 0. The van der Waals surface area contributed by atoms with Gasteiger partial charge >= 0.3 is 0 Å². The van der Waals surface area contributed by atoms with Crippen molar-refractivity contribution in [3.63, 3.8) is 0 Å². The number of rotatable bonds is 6. The summed E-state index contributed by atoms with van der Waals surface area (Å²) in [6, 6.07) is 74.1. The lowest BCUT2D eigenvalue weighted by molar-refractivity contribution is 1.36. The molecular formula is C54H34N2. The van der Waals surface area contributed by atoms with E-state index in [0.717, 1.165) is 60.3 Å². The number of hydrogen-bond donors (Lipinski definition) is 0. The highest BCUT2D eigenvalue weighted by Gasteiger charge is 2.29. The molecule has 0 unspecified atom stereocenters. The molecule has 0 radical (unpaired) electrons. The van der Waals surface area contributed by atoms with Gasteiger partial charge in [0.2, 0.25) is 0 Å². The second-order valence-corrected chi connectivity index (χ2v) is 14.4. The molecule has 0 saturated heterocycles. The van der Waals surface area contributed by atoms with Crippen molar-refractivity contribution in [2.45, 2.75) is 0 Å². The van der Waals surface area contributed by atoms with E-state index < -0.39 is 0 Å². The van der Waals surface area contributed by atoms with Crippen LogP contribution in [0.15, 0.2) is 216 Å². The van der Waals surface area contributed by atoms with Gasteiger partial charge in [0, 0.05) is 27.1 Å². The standard InChI is InChI=1S/C54H34N2/c1-3-17-35(18-4-1)37-21-7-9-23-39(37)41-25-11-12-27-43(41)46-31-33-49-52(53-50(55-49)34-32-47-44-28-15-16-30-48(44)56-54(47)53)51(46)45-29-14-13-26-42(45)40-24-10-8-22-38(40)36-19-5-2-6-20-36/h1-34H. The topological polar surface area (TPSA) is 24.7 Å². The molecule has 0 bridgehead atoms. The van der Waals surface area contributed by atoms with Gasteiger partial charge in [-0.2, -0.15) is 0 Å². The maximum atomic E-state index is 5.32. The molecule has 0 amide bonds. The van der Waals surface area contributed by atoms with Gasteiger partial charge in [0.15, 0.2) is 0 Å². The first-order valence-electron chi connectivity index (χ1n) is 19.2. The van der Waals surface area contributed by atoms with Crippen molar-refractivity contribution >= 4 is 11.4 Å². The fourth-order valence-corrected chi connectivity index (χ4v) is 8.81. The molecule has 9 aromatic rings. The molecule has 9 aromatic carbocycles. The quantitative estimate of drug-likeness (QED) is 0.164. The van der Waals surface area contributed by atoms with Gasteiger partial charge in [-0.1, -0.05) is 182 Å². The molecule has 2 aliphatic rings. The first-order valence-corrected chi connectivity index (χ1v) is 19.2. The van der Waals surface area contributed by atoms with E-state index in [0.29, 0.717) is 0 Å². The summed E-state index contributed by atoms with van der Waals surface area (Å²) in [6.45, 7) is 0. The van der Waals surface area contributed by atoms with Crippen molar-refractivity contribution in [2.75, 3.05) is 0 Å². The maximum Gasteiger partial charge on any atom is 0.0817 e. The fourth-order valence-electron chi connectivity index (χ4n) is 8.81. The van der Waals surface area contributed by atoms with Gasteiger partial charge in [-0.05, 0) is 85.5 Å². The minimum Gasteiger partial charge on any atom is -0.248 e. The number of nitrogens with zero attached hydrogens (tertiary/aromatic N) is 2. The summed E-state index contributed by atoms with van der Waals surface area (Å²) in [5.41, 5.74) is 18.3. The van der Waals surface area contributed by atoms with E-state index >= 15 is 0 Å². The lowest BCUT2D eigenvalue weighted by Crippen LogP contribution is -2.02. The van der Waals surface area contributed by atoms with Crippen molar-refractivity contribution in [3.8, 4) is 77.9 Å². The Labute approximate surface area is 325 Å². The van der Waals surface area contributed by atoms with Crippen LogP contribution in [0.4, 0.5) is 11.4 Å². The third-order valence-electron chi connectivity index (χ3n) is 11.3. The van der Waals surface area contributed by atoms with Gasteiger partial charge in [-0.3, -0.25) is 0 Å². The van der Waals surface area contributed by atoms with Crippen molar-refractivity contribution < 1.29 is 0 Å². The van der Waals surface area contributed by atoms with E-state index in [2.05, 4.69) is 206 Å². The largest absolute Gasteiger partial charge is 0.248 e. The van der Waals surface area contributed by atoms with Crippen LogP contribution in [0.5, 0.6) is 0 Å². The highest BCUT2D eigenvalue weighted by Crippen LogP contribution is 2.53. The molecular weight excluding hydrogens is 677 g/mol. The Kier molecular flexibility index (Phi) is 7.53. The average molecular weight is 711 g/mol. The summed E-state index contributed by atoms with van der Waals surface area (Å²) in [5.74, 6) is 0. The van der Waals surface area contributed by atoms with Crippen LogP contribution in [0.2, 0.25) is 0 Å². The second-order valence-electron chi connectivity index (χ2n) is 14.4. The first kappa shape index (κ1) is 32.0. The Morgan fingerprint density at radius 1 is 0.232 bits per heavy atom. The maximum absolute atomic E-state index is 5.32. The second kappa shape index (κ2) is 13.2. The third kappa shape index (κ3) is 5.11. The molecule has 0 spiro atoms. The van der Waals surface area contributed by atoms with Crippen molar-refractivity contribution in [1.82, 2.24) is 0 Å². The SMILES string of the molecule is c1ccc(-c2ccccc2-c2ccccc2-c2ccc3c(c2-c2ccccc2-c2ccccc2-c2ccccc2)-c2c4c(ccc2=N3)=c2ccccc2=N4)cc1. The molecule has 2 heterocycles. The van der Waals surface area contributed by atoms with E-state index in [1.807, 2.05) is 0 Å². The summed E-state index contributed by atoms with van der Waals surface area (Å²) < 4.78 is 0. The van der Waals surface area contributed by atoms with Gasteiger partial charge in [-0.25, -0.2) is 9.98 Å². The summed E-state index contributed by atoms with van der Waals surface area (Å²) in [4.78, 5) is 10.6. The molecule has 2 aliphatic heterocycles. The lowest BCUT2D eigenvalue weighted by atomic mass is 9.80. The Morgan fingerprint density at radius 3 is 1.30 bits per heavy atom. The first-order chi connectivity index (χ1) is 27.8. The number of para-hydroxylation sites is 1. The lowest BCUT2D eigenvalue weighted by Gasteiger charge is -2.22. The molecule has 0 saturated carbocycles. The minimum atomic E-state index is 0.957. The minimum absolute atomic E-state index is 0.957. The van der Waals surface area contributed by atoms with E-state index in [1.165, 1.54) is 50.1 Å². The molecule has 56 heavy (non-hydrogen) atoms. The average Bonchev–Trinajstić information content (AvgIpc) is 3.85. The zero-order chi connectivity index (χ0) is 37.0. The van der Waals surface area contributed by atoms with Gasteiger partial charge in [0.25, 0.3) is 0 Å². The Bertz CT molecular complexity index is 3240. The van der Waals surface area contributed by atoms with Crippen LogP contribution in [-0.4, -0.2) is 0 Å². The molecule has 0 aromatic heterocycles. The van der Waals surface area contributed by atoms with Crippen LogP contribution in [-0.2, 0) is 0 Å². The molecule has 0 fully saturated rings. The van der Waals surface area contributed by atoms with Crippen LogP contribution in [0.3, 0.4) is 0 Å². The summed E-state index contributed by atoms with van der Waals surface area (Å²) in [5, 5.41) is 4.27. The highest BCUT2D eigenvalue weighted by atomic mass is 14.8. The Morgan fingerprint density at radius 2 is 0.696 bits per heavy atom. The van der Waals surface area contributed by atoms with Crippen LogP contribution in [0.25, 0.3) is 77.9 Å². The molecule has 2 nitrogen and oxygen atoms in total. The third-order valence-corrected chi connectivity index (χ3v) is 11.3. The van der Waals surface area contributed by atoms with Gasteiger partial charge in [0.1, 0.15) is 0 Å². The van der Waals surface area contributed by atoms with Crippen LogP contribution >= 0.6 is 0 Å². The zero-order valence-electron chi connectivity index (χ0n) is 30.5. The number of hydrogen-bond acceptors (Lipinski definition) is 2. The Hall–Kier alpha value is -7.42. The Balaban J connectivity index is 1.24. The van der Waals surface area contributed by atoms with E-state index in [1.54, 1.807) is 0 Å². The van der Waals surface area contributed by atoms with E-state index in [4.69, 9.17) is 9.98 Å². The van der Waals surface area contributed by atoms with Gasteiger partial charge < -0.3 is 0 Å². The zero-order valence-corrected chi connectivity index (χ0v) is 30.5. The predicted octanol–water partition coefficient (Wildman–Crippen LogP) is 13.2. The van der Waals surface area contributed by atoms with Gasteiger partial charge in [-0.15, -0.1) is 0 Å². The smallest absolute Gasteiger partial charge is 0.0817 e. The molecule has 11 rings (SSSR count). The number of fused-ring (bicyclic) bond motifs is 6. The normalized spacial score (nSPS) is 11.9. The van der Waals surface area contributed by atoms with Crippen LogP contribution in [0, 0.1) is 10.4 Å². The summed E-state index contributed by atoms with van der Waals surface area (Å²) in [7, 11) is 0. The molecule has 0 N–H and O–H groups in total. The number of benzene rings is 9. The molecule has 0 atom stereocenters. The highest BCUT2D eigenvalue weighted by molar-refractivity contribution is 6.09. The summed E-state index contributed by atoms with van der Waals surface area (Å²) >= 11 is 0. The molecule has 0 aliphatic carbocycles. The van der Waals surface area contributed by atoms with Crippen molar-refractivity contribution in [1.29, 1.82) is 0 Å². The van der Waals surface area contributed by atoms with E-state index in [-0.39, 0.29) is 0 Å². The van der Waals surface area contributed by atoms with Crippen LogP contribution in [0.1, 0.15) is 0 Å².